The van der Waals surface area contributed by atoms with Crippen LogP contribution in [0.15, 0.2) is 23.1 Å². The molecule has 0 spiro atoms. The van der Waals surface area contributed by atoms with Crippen molar-refractivity contribution in [3.8, 4) is 0 Å². The molecule has 0 aromatic heterocycles. The predicted octanol–water partition coefficient (Wildman–Crippen LogP) is 1.35. The molecule has 0 heterocycles. The maximum atomic E-state index is 13.6. The molecule has 76 valence electrons. The van der Waals surface area contributed by atoms with Gasteiger partial charge in [0.2, 0.25) is 10.0 Å². The lowest BCUT2D eigenvalue weighted by Gasteiger charge is -2.04. The zero-order chi connectivity index (χ0) is 10.3. The van der Waals surface area contributed by atoms with Crippen LogP contribution in [0.1, 0.15) is 24.3 Å². The van der Waals surface area contributed by atoms with Crippen LogP contribution < -0.4 is 5.14 Å². The standard InChI is InChI=1S/C9H10FNO2S/c10-9-7(6-4-5-6)2-1-3-8(9)14(11,12)13/h1-3,6H,4-5H2,(H2,11,12,13). The summed E-state index contributed by atoms with van der Waals surface area (Å²) in [5.74, 6) is -0.505. The van der Waals surface area contributed by atoms with Crippen LogP contribution in [0.5, 0.6) is 0 Å². The van der Waals surface area contributed by atoms with Gasteiger partial charge in [0, 0.05) is 0 Å². The lowest BCUT2D eigenvalue weighted by molar-refractivity contribution is 0.559. The summed E-state index contributed by atoms with van der Waals surface area (Å²) in [5.41, 5.74) is 0.469. The quantitative estimate of drug-likeness (QED) is 0.809. The SMILES string of the molecule is NS(=O)(=O)c1cccc(C2CC2)c1F. The molecule has 0 saturated heterocycles. The van der Waals surface area contributed by atoms with Gasteiger partial charge in [-0.15, -0.1) is 0 Å². The molecule has 1 aromatic carbocycles. The fourth-order valence-corrected chi connectivity index (χ4v) is 2.09. The normalized spacial score (nSPS) is 17.0. The first-order valence-corrected chi connectivity index (χ1v) is 5.86. The van der Waals surface area contributed by atoms with E-state index in [9.17, 15) is 12.8 Å². The Hall–Kier alpha value is -0.940. The van der Waals surface area contributed by atoms with Gasteiger partial charge in [-0.3, -0.25) is 0 Å². The van der Waals surface area contributed by atoms with E-state index in [0.717, 1.165) is 12.8 Å². The van der Waals surface area contributed by atoms with Gasteiger partial charge in [0.05, 0.1) is 0 Å². The molecular formula is C9H10FNO2S. The smallest absolute Gasteiger partial charge is 0.225 e. The third kappa shape index (κ3) is 1.65. The Kier molecular flexibility index (Phi) is 2.08. The van der Waals surface area contributed by atoms with Gasteiger partial charge >= 0.3 is 0 Å². The number of hydrogen-bond donors (Lipinski definition) is 1. The van der Waals surface area contributed by atoms with E-state index in [1.807, 2.05) is 0 Å². The summed E-state index contributed by atoms with van der Waals surface area (Å²) in [6, 6.07) is 4.33. The third-order valence-electron chi connectivity index (χ3n) is 2.32. The van der Waals surface area contributed by atoms with E-state index in [1.54, 1.807) is 6.07 Å². The maximum Gasteiger partial charge on any atom is 0.240 e. The topological polar surface area (TPSA) is 60.2 Å². The first-order chi connectivity index (χ1) is 6.50. The van der Waals surface area contributed by atoms with E-state index in [2.05, 4.69) is 0 Å². The fourth-order valence-electron chi connectivity index (χ4n) is 1.46. The molecule has 5 heteroatoms. The van der Waals surface area contributed by atoms with Crippen molar-refractivity contribution in [2.75, 3.05) is 0 Å². The molecule has 0 unspecified atom stereocenters. The molecule has 2 N–H and O–H groups in total. The number of benzene rings is 1. The van der Waals surface area contributed by atoms with Crippen molar-refractivity contribution in [3.63, 3.8) is 0 Å². The van der Waals surface area contributed by atoms with E-state index in [-0.39, 0.29) is 5.92 Å². The second kappa shape index (κ2) is 3.03. The average Bonchev–Trinajstić information content (AvgIpc) is 2.85. The second-order valence-corrected chi connectivity index (χ2v) is 5.01. The molecule has 0 aliphatic heterocycles. The average molecular weight is 215 g/mol. The van der Waals surface area contributed by atoms with Gasteiger partial charge in [-0.1, -0.05) is 12.1 Å². The molecule has 1 fully saturated rings. The summed E-state index contributed by atoms with van der Waals surface area (Å²) in [5, 5.41) is 4.88. The Balaban J connectivity index is 2.57. The van der Waals surface area contributed by atoms with E-state index in [4.69, 9.17) is 5.14 Å². The molecule has 2 rings (SSSR count). The van der Waals surface area contributed by atoms with Crippen LogP contribution in [-0.2, 0) is 10.0 Å². The number of hydrogen-bond acceptors (Lipinski definition) is 2. The van der Waals surface area contributed by atoms with E-state index in [0.29, 0.717) is 5.56 Å². The first kappa shape index (κ1) is 9.61. The number of nitrogens with two attached hydrogens (primary N) is 1. The second-order valence-electron chi connectivity index (χ2n) is 3.48. The molecule has 1 aliphatic rings. The van der Waals surface area contributed by atoms with E-state index in [1.165, 1.54) is 12.1 Å². The molecule has 0 amide bonds. The Labute approximate surface area is 81.8 Å². The van der Waals surface area contributed by atoms with Crippen molar-refractivity contribution in [3.05, 3.63) is 29.6 Å². The van der Waals surface area contributed by atoms with Crippen molar-refractivity contribution in [2.45, 2.75) is 23.7 Å². The molecule has 14 heavy (non-hydrogen) atoms. The molecule has 0 radical (unpaired) electrons. The molecule has 0 bridgehead atoms. The minimum Gasteiger partial charge on any atom is -0.225 e. The van der Waals surface area contributed by atoms with Crippen molar-refractivity contribution < 1.29 is 12.8 Å². The van der Waals surface area contributed by atoms with Crippen LogP contribution in [0.25, 0.3) is 0 Å². The van der Waals surface area contributed by atoms with Crippen LogP contribution in [0.4, 0.5) is 4.39 Å². The maximum absolute atomic E-state index is 13.6. The van der Waals surface area contributed by atoms with Crippen molar-refractivity contribution in [1.82, 2.24) is 0 Å². The Morgan fingerprint density at radius 3 is 2.50 bits per heavy atom. The Morgan fingerprint density at radius 1 is 1.36 bits per heavy atom. The van der Waals surface area contributed by atoms with Gasteiger partial charge in [-0.2, -0.15) is 0 Å². The van der Waals surface area contributed by atoms with Crippen molar-refractivity contribution in [1.29, 1.82) is 0 Å². The highest BCUT2D eigenvalue weighted by Crippen LogP contribution is 2.42. The van der Waals surface area contributed by atoms with E-state index >= 15 is 0 Å². The highest BCUT2D eigenvalue weighted by atomic mass is 32.2. The molecule has 1 saturated carbocycles. The Morgan fingerprint density at radius 2 is 2.00 bits per heavy atom. The summed E-state index contributed by atoms with van der Waals surface area (Å²) >= 11 is 0. The van der Waals surface area contributed by atoms with Gasteiger partial charge in [-0.25, -0.2) is 17.9 Å². The molecule has 0 atom stereocenters. The van der Waals surface area contributed by atoms with Crippen LogP contribution >= 0.6 is 0 Å². The predicted molar refractivity (Wildman–Crippen MR) is 49.7 cm³/mol. The fraction of sp³-hybridized carbons (Fsp3) is 0.333. The third-order valence-corrected chi connectivity index (χ3v) is 3.25. The minimum absolute atomic E-state index is 0.177. The number of halogens is 1. The van der Waals surface area contributed by atoms with Crippen LogP contribution in [0, 0.1) is 5.82 Å². The van der Waals surface area contributed by atoms with Gasteiger partial charge < -0.3 is 0 Å². The highest BCUT2D eigenvalue weighted by Gasteiger charge is 2.29. The van der Waals surface area contributed by atoms with Crippen LogP contribution in [0.2, 0.25) is 0 Å². The van der Waals surface area contributed by atoms with Gasteiger partial charge in [0.1, 0.15) is 10.7 Å². The lowest BCUT2D eigenvalue weighted by Crippen LogP contribution is -2.14. The lowest BCUT2D eigenvalue weighted by atomic mass is 10.1. The molecule has 1 aromatic rings. The largest absolute Gasteiger partial charge is 0.240 e. The van der Waals surface area contributed by atoms with Crippen LogP contribution in [-0.4, -0.2) is 8.42 Å². The van der Waals surface area contributed by atoms with Crippen LogP contribution in [0.3, 0.4) is 0 Å². The summed E-state index contributed by atoms with van der Waals surface area (Å²) in [7, 11) is -3.94. The van der Waals surface area contributed by atoms with Crippen molar-refractivity contribution >= 4 is 10.0 Å². The van der Waals surface area contributed by atoms with Gasteiger partial charge in [0.25, 0.3) is 0 Å². The summed E-state index contributed by atoms with van der Waals surface area (Å²) < 4.78 is 35.6. The zero-order valence-corrected chi connectivity index (χ0v) is 8.22. The van der Waals surface area contributed by atoms with Gasteiger partial charge in [0.15, 0.2) is 0 Å². The van der Waals surface area contributed by atoms with Crippen molar-refractivity contribution in [2.24, 2.45) is 5.14 Å². The first-order valence-electron chi connectivity index (χ1n) is 4.31. The molecule has 3 nitrogen and oxygen atoms in total. The number of rotatable bonds is 2. The van der Waals surface area contributed by atoms with Gasteiger partial charge in [-0.05, 0) is 30.4 Å². The zero-order valence-electron chi connectivity index (χ0n) is 7.40. The number of sulfonamides is 1. The summed E-state index contributed by atoms with van der Waals surface area (Å²) in [6.45, 7) is 0. The minimum atomic E-state index is -3.94. The summed E-state index contributed by atoms with van der Waals surface area (Å²) in [6.07, 6.45) is 1.84. The molecule has 1 aliphatic carbocycles. The number of primary sulfonamides is 1. The Bertz CT molecular complexity index is 466. The monoisotopic (exact) mass is 215 g/mol. The van der Waals surface area contributed by atoms with E-state index < -0.39 is 20.7 Å². The highest BCUT2D eigenvalue weighted by molar-refractivity contribution is 7.89. The molecular weight excluding hydrogens is 205 g/mol. The summed E-state index contributed by atoms with van der Waals surface area (Å²) in [4.78, 5) is -0.401.